The standard InChI is InChI=1S/C26H46O2/c1-18(2)8-6-9-19(3)21-11-12-23-20-10-7-15-25(4,16-14-24(27)28)22(20)13-17-26(21,23)5/h18-23H,6-17H2,1-5H3,(H,27,28)/t19-,20-,21-,22+,23-,25-,26+/m0/s1. The number of hydrogen-bond donors (Lipinski definition) is 1. The Morgan fingerprint density at radius 2 is 1.75 bits per heavy atom. The van der Waals surface area contributed by atoms with Gasteiger partial charge in [0.2, 0.25) is 0 Å². The van der Waals surface area contributed by atoms with Crippen LogP contribution in [0.15, 0.2) is 0 Å². The quantitative estimate of drug-likeness (QED) is 0.464. The molecule has 3 fully saturated rings. The SMILES string of the molecule is CC(C)CCC[C@H](C)[C@@H]1CC[C@H]2[C@H]3CCC[C@@](C)(CCC(=O)O)[C@@H]3CC[C@@]21C. The summed E-state index contributed by atoms with van der Waals surface area (Å²) in [7, 11) is 0. The summed E-state index contributed by atoms with van der Waals surface area (Å²) in [6.07, 6.45) is 15.0. The number of carboxylic acid groups (broad SMARTS) is 1. The second-order valence-corrected chi connectivity index (χ2v) is 11.8. The fourth-order valence-corrected chi connectivity index (χ4v) is 8.21. The molecule has 0 aliphatic heterocycles. The maximum absolute atomic E-state index is 11.2. The van der Waals surface area contributed by atoms with Crippen LogP contribution < -0.4 is 0 Å². The van der Waals surface area contributed by atoms with Crippen LogP contribution in [0.4, 0.5) is 0 Å². The van der Waals surface area contributed by atoms with E-state index in [1.807, 2.05) is 0 Å². The van der Waals surface area contributed by atoms with E-state index >= 15 is 0 Å². The van der Waals surface area contributed by atoms with Gasteiger partial charge in [-0.2, -0.15) is 0 Å². The Morgan fingerprint density at radius 1 is 1.00 bits per heavy atom. The molecule has 28 heavy (non-hydrogen) atoms. The maximum atomic E-state index is 11.2. The average Bonchev–Trinajstić information content (AvgIpc) is 2.97. The minimum absolute atomic E-state index is 0.267. The molecule has 7 atom stereocenters. The molecule has 3 aliphatic carbocycles. The lowest BCUT2D eigenvalue weighted by Crippen LogP contribution is -2.49. The van der Waals surface area contributed by atoms with Crippen molar-refractivity contribution < 1.29 is 9.90 Å². The Hall–Kier alpha value is -0.530. The molecular formula is C26H46O2. The van der Waals surface area contributed by atoms with Gasteiger partial charge in [0, 0.05) is 6.42 Å². The lowest BCUT2D eigenvalue weighted by atomic mass is 9.48. The highest BCUT2D eigenvalue weighted by atomic mass is 16.4. The second kappa shape index (κ2) is 8.68. The highest BCUT2D eigenvalue weighted by Crippen LogP contribution is 2.66. The molecule has 0 bridgehead atoms. The van der Waals surface area contributed by atoms with Crippen LogP contribution in [0.2, 0.25) is 0 Å². The predicted molar refractivity (Wildman–Crippen MR) is 117 cm³/mol. The average molecular weight is 391 g/mol. The van der Waals surface area contributed by atoms with Gasteiger partial charge in [0.1, 0.15) is 0 Å². The number of carboxylic acids is 1. The Kier molecular flexibility index (Phi) is 6.87. The van der Waals surface area contributed by atoms with Gasteiger partial charge in [-0.3, -0.25) is 4.79 Å². The smallest absolute Gasteiger partial charge is 0.303 e. The lowest BCUT2D eigenvalue weighted by Gasteiger charge is -2.57. The van der Waals surface area contributed by atoms with E-state index in [-0.39, 0.29) is 5.41 Å². The molecular weight excluding hydrogens is 344 g/mol. The van der Waals surface area contributed by atoms with Crippen molar-refractivity contribution in [1.82, 2.24) is 0 Å². The normalized spacial score (nSPS) is 41.5. The highest BCUT2D eigenvalue weighted by molar-refractivity contribution is 5.66. The summed E-state index contributed by atoms with van der Waals surface area (Å²) < 4.78 is 0. The minimum Gasteiger partial charge on any atom is -0.481 e. The van der Waals surface area contributed by atoms with E-state index in [4.69, 9.17) is 0 Å². The Bertz CT molecular complexity index is 541. The third kappa shape index (κ3) is 4.31. The van der Waals surface area contributed by atoms with Gasteiger partial charge >= 0.3 is 5.97 Å². The monoisotopic (exact) mass is 390 g/mol. The van der Waals surface area contributed by atoms with Crippen molar-refractivity contribution in [2.45, 2.75) is 112 Å². The van der Waals surface area contributed by atoms with Crippen LogP contribution in [0.3, 0.4) is 0 Å². The summed E-state index contributed by atoms with van der Waals surface area (Å²) in [5, 5.41) is 9.25. The molecule has 3 saturated carbocycles. The van der Waals surface area contributed by atoms with E-state index in [2.05, 4.69) is 34.6 Å². The minimum atomic E-state index is -0.611. The summed E-state index contributed by atoms with van der Waals surface area (Å²) in [5.41, 5.74) is 0.813. The predicted octanol–water partition coefficient (Wildman–Crippen LogP) is 7.56. The number of hydrogen-bond acceptors (Lipinski definition) is 1. The van der Waals surface area contributed by atoms with Crippen molar-refractivity contribution in [2.75, 3.05) is 0 Å². The number of carbonyl (C=O) groups is 1. The second-order valence-electron chi connectivity index (χ2n) is 11.8. The molecule has 1 N–H and O–H groups in total. The van der Waals surface area contributed by atoms with Crippen LogP contribution in [-0.4, -0.2) is 11.1 Å². The van der Waals surface area contributed by atoms with Gasteiger partial charge in [0.15, 0.2) is 0 Å². The number of rotatable bonds is 8. The first-order chi connectivity index (χ1) is 13.2. The van der Waals surface area contributed by atoms with E-state index in [0.29, 0.717) is 11.8 Å². The largest absolute Gasteiger partial charge is 0.481 e. The van der Waals surface area contributed by atoms with E-state index < -0.39 is 5.97 Å². The van der Waals surface area contributed by atoms with Gasteiger partial charge in [-0.15, -0.1) is 0 Å². The Labute approximate surface area is 174 Å². The molecule has 0 spiro atoms. The summed E-state index contributed by atoms with van der Waals surface area (Å²) in [6, 6.07) is 0. The molecule has 2 nitrogen and oxygen atoms in total. The summed E-state index contributed by atoms with van der Waals surface area (Å²) in [5.74, 6) is 4.53. The van der Waals surface area contributed by atoms with Crippen molar-refractivity contribution in [3.05, 3.63) is 0 Å². The van der Waals surface area contributed by atoms with Crippen molar-refractivity contribution in [2.24, 2.45) is 46.3 Å². The fourth-order valence-electron chi connectivity index (χ4n) is 8.21. The summed E-state index contributed by atoms with van der Waals surface area (Å²) in [4.78, 5) is 11.2. The van der Waals surface area contributed by atoms with E-state index in [9.17, 15) is 9.90 Å². The van der Waals surface area contributed by atoms with Crippen LogP contribution in [0.25, 0.3) is 0 Å². The van der Waals surface area contributed by atoms with Crippen LogP contribution in [-0.2, 0) is 4.79 Å². The lowest BCUT2D eigenvalue weighted by molar-refractivity contribution is -0.139. The molecule has 0 aromatic heterocycles. The van der Waals surface area contributed by atoms with Crippen LogP contribution in [0.1, 0.15) is 112 Å². The first kappa shape index (κ1) is 22.2. The first-order valence-electron chi connectivity index (χ1n) is 12.4. The van der Waals surface area contributed by atoms with Crippen molar-refractivity contribution in [1.29, 1.82) is 0 Å². The van der Waals surface area contributed by atoms with Crippen molar-refractivity contribution in [3.8, 4) is 0 Å². The molecule has 0 heterocycles. The zero-order valence-electron chi connectivity index (χ0n) is 19.3. The van der Waals surface area contributed by atoms with Gasteiger partial charge in [-0.25, -0.2) is 0 Å². The van der Waals surface area contributed by atoms with Gasteiger partial charge in [0.25, 0.3) is 0 Å². The molecule has 0 radical (unpaired) electrons. The fraction of sp³-hybridized carbons (Fsp3) is 0.962. The topological polar surface area (TPSA) is 37.3 Å². The van der Waals surface area contributed by atoms with Crippen LogP contribution in [0.5, 0.6) is 0 Å². The van der Waals surface area contributed by atoms with Crippen LogP contribution >= 0.6 is 0 Å². The van der Waals surface area contributed by atoms with Crippen molar-refractivity contribution in [3.63, 3.8) is 0 Å². The van der Waals surface area contributed by atoms with Crippen molar-refractivity contribution >= 4 is 5.97 Å². The molecule has 0 saturated heterocycles. The highest BCUT2D eigenvalue weighted by Gasteiger charge is 2.58. The molecule has 162 valence electrons. The Morgan fingerprint density at radius 3 is 2.43 bits per heavy atom. The maximum Gasteiger partial charge on any atom is 0.303 e. The Balaban J connectivity index is 1.68. The van der Waals surface area contributed by atoms with E-state index in [1.165, 1.54) is 64.2 Å². The summed E-state index contributed by atoms with van der Waals surface area (Å²) in [6.45, 7) is 12.3. The van der Waals surface area contributed by atoms with E-state index in [0.717, 1.165) is 41.9 Å². The molecule has 0 amide bonds. The molecule has 3 aliphatic rings. The number of fused-ring (bicyclic) bond motifs is 3. The molecule has 0 aromatic carbocycles. The van der Waals surface area contributed by atoms with E-state index in [1.54, 1.807) is 0 Å². The third-order valence-electron chi connectivity index (χ3n) is 9.73. The zero-order chi connectivity index (χ0) is 20.5. The van der Waals surface area contributed by atoms with Gasteiger partial charge in [-0.05, 0) is 91.3 Å². The number of aliphatic carboxylic acids is 1. The molecule has 2 heteroatoms. The first-order valence-corrected chi connectivity index (χ1v) is 12.4. The molecule has 0 aromatic rings. The molecule has 3 rings (SSSR count). The molecule has 0 unspecified atom stereocenters. The van der Waals surface area contributed by atoms with Gasteiger partial charge < -0.3 is 5.11 Å². The third-order valence-corrected chi connectivity index (χ3v) is 9.73. The van der Waals surface area contributed by atoms with Crippen LogP contribution in [0, 0.1) is 46.3 Å². The van der Waals surface area contributed by atoms with Gasteiger partial charge in [0.05, 0.1) is 0 Å². The zero-order valence-corrected chi connectivity index (χ0v) is 19.3. The summed E-state index contributed by atoms with van der Waals surface area (Å²) >= 11 is 0. The van der Waals surface area contributed by atoms with Gasteiger partial charge in [-0.1, -0.05) is 60.3 Å².